The molecule has 0 saturated heterocycles. The van der Waals surface area contributed by atoms with Crippen molar-refractivity contribution in [1.82, 2.24) is 9.80 Å². The van der Waals surface area contributed by atoms with Gasteiger partial charge in [0.05, 0.1) is 6.67 Å². The molecule has 1 rings (SSSR count). The Kier molecular flexibility index (Phi) is 29.4. The van der Waals surface area contributed by atoms with E-state index in [2.05, 4.69) is 36.2 Å². The van der Waals surface area contributed by atoms with Crippen LogP contribution in [0, 0.1) is 0 Å². The maximum atomic E-state index is 10.2. The van der Waals surface area contributed by atoms with E-state index in [1.54, 1.807) is 0 Å². The first-order valence-electron chi connectivity index (χ1n) is 7.97. The first-order chi connectivity index (χ1) is 16.8. The fourth-order valence-electron chi connectivity index (χ4n) is 1.10. The summed E-state index contributed by atoms with van der Waals surface area (Å²) in [4.78, 5) is 4.53. The van der Waals surface area contributed by atoms with E-state index < -0.39 is 63.0 Å². The first-order valence-corrected chi connectivity index (χ1v) is 16.0. The van der Waals surface area contributed by atoms with Crippen LogP contribution in [0.3, 0.4) is 0 Å². The minimum Gasteiger partial charge on any atom is -0.362 e. The minimum atomic E-state index is -5.17. The van der Waals surface area contributed by atoms with Gasteiger partial charge in [-0.15, -0.1) is 0 Å². The molecular weight excluding hydrogens is 718 g/mol. The number of nitrogens with zero attached hydrogens (tertiary/aromatic N) is 2. The van der Waals surface area contributed by atoms with Crippen molar-refractivity contribution in [2.45, 2.75) is 19.8 Å². The van der Waals surface area contributed by atoms with Gasteiger partial charge in [0, 0.05) is 26.0 Å². The van der Waals surface area contributed by atoms with Crippen LogP contribution in [-0.2, 0) is 63.0 Å². The highest BCUT2D eigenvalue weighted by Gasteiger charge is 2.05. The predicted molar refractivity (Wildman–Crippen MR) is 119 cm³/mol. The summed E-state index contributed by atoms with van der Waals surface area (Å²) in [5.41, 5.74) is 0. The lowest BCUT2D eigenvalue weighted by Gasteiger charge is -2.17. The van der Waals surface area contributed by atoms with Gasteiger partial charge < -0.3 is 9.80 Å². The van der Waals surface area contributed by atoms with E-state index in [-0.39, 0.29) is 0 Å². The molecule has 0 spiro atoms. The molecule has 0 aliphatic carbocycles. The lowest BCUT2D eigenvalue weighted by Crippen LogP contribution is -2.23. The Balaban J connectivity index is -0.0000000866. The van der Waals surface area contributed by atoms with Crippen molar-refractivity contribution in [3.8, 4) is 0 Å². The number of rotatable bonds is 3. The Bertz CT molecular complexity index is 1050. The molecule has 0 aromatic carbocycles. The second-order valence-corrected chi connectivity index (χ2v) is 10.3. The van der Waals surface area contributed by atoms with Gasteiger partial charge in [0.2, 0.25) is 0 Å². The first kappa shape index (κ1) is 51.1. The zero-order chi connectivity index (χ0) is 34.4. The molecule has 0 radical (unpaired) electrons. The Morgan fingerprint density at radius 2 is 0.750 bits per heavy atom. The van der Waals surface area contributed by atoms with Crippen LogP contribution >= 0.6 is 0 Å². The van der Waals surface area contributed by atoms with Crippen LogP contribution < -0.4 is 0 Å². The average molecular weight is 741 g/mol. The molecule has 6 N–H and O–H groups in total. The quantitative estimate of drug-likeness (QED) is 0.126. The number of hydrogen-bond acceptors (Lipinski definition) is 14. The fourth-order valence-corrected chi connectivity index (χ4v) is 1.10. The van der Waals surface area contributed by atoms with E-state index in [9.17, 15) is 23.3 Å². The molecule has 0 saturated carbocycles. The van der Waals surface area contributed by atoms with Gasteiger partial charge in [-0.05, 0) is 6.42 Å². The topological polar surface area (TPSA) is 333 Å². The molecule has 0 unspecified atom stereocenters. The Labute approximate surface area is 226 Å². The van der Waals surface area contributed by atoms with E-state index in [0.717, 1.165) is 6.67 Å². The molecule has 0 atom stereocenters. The second kappa shape index (κ2) is 23.0. The van der Waals surface area contributed by atoms with Crippen LogP contribution in [0.25, 0.3) is 0 Å². The molecule has 40 heavy (non-hydrogen) atoms. The van der Waals surface area contributed by atoms with Gasteiger partial charge in [-0.3, -0.25) is 27.3 Å². The van der Waals surface area contributed by atoms with Gasteiger partial charge in [-0.2, -0.15) is 50.5 Å². The smallest absolute Gasteiger partial charge is 0.362 e. The van der Waals surface area contributed by atoms with Crippen molar-refractivity contribution in [1.29, 1.82) is 0 Å². The van der Waals surface area contributed by atoms with Gasteiger partial charge in [-0.25, -0.2) is 0 Å². The van der Waals surface area contributed by atoms with Gasteiger partial charge in [0.1, 0.15) is 0 Å². The normalized spacial score (nSPS) is 12.9. The van der Waals surface area contributed by atoms with Gasteiger partial charge >= 0.3 is 63.0 Å². The van der Waals surface area contributed by atoms with Crippen molar-refractivity contribution in [3.63, 3.8) is 0 Å². The van der Waals surface area contributed by atoms with E-state index in [4.69, 9.17) is 77.8 Å². The lowest BCUT2D eigenvalue weighted by atomic mass is 10.3. The Morgan fingerprint density at radius 1 is 0.550 bits per heavy atom. The minimum absolute atomic E-state index is 1.07. The highest BCUT2D eigenvalue weighted by Crippen LogP contribution is 2.04. The number of halogens is 6. The molecule has 0 amide bonds. The van der Waals surface area contributed by atoms with Crippen molar-refractivity contribution in [2.75, 3.05) is 20.3 Å². The Morgan fingerprint density at radius 3 is 0.875 bits per heavy atom. The SMILES string of the molecule is CCCCN1C=CN(C)C1.O=S(=O)(O)F.O=S(=O)(O)F.O=S(=O)(O)F.O=S(=O)(O)F.O=S(=O)(O)F.O=S(=O)(O)F. The summed E-state index contributed by atoms with van der Waals surface area (Å²) in [6.45, 7) is 4.50. The standard InChI is InChI=1S/C8H16N2.6FHO3S/c1-3-4-5-10-7-6-9(2)8-10;6*1-5(2,3)4/h6-7H,3-5,8H2,1-2H3;6*(H,2,3,4). The van der Waals surface area contributed by atoms with Crippen LogP contribution in [0.15, 0.2) is 12.4 Å². The highest BCUT2D eigenvalue weighted by molar-refractivity contribution is 7.81. The van der Waals surface area contributed by atoms with Gasteiger partial charge in [-0.1, -0.05) is 36.7 Å². The van der Waals surface area contributed by atoms with Crippen LogP contribution in [0.2, 0.25) is 0 Å². The lowest BCUT2D eigenvalue weighted by molar-refractivity contribution is 0.293. The fraction of sp³-hybridized carbons (Fsp3) is 0.750. The second-order valence-electron chi connectivity index (χ2n) is 5.34. The molecule has 1 aliphatic heterocycles. The van der Waals surface area contributed by atoms with Crippen molar-refractivity contribution >= 4 is 63.0 Å². The molecule has 1 aliphatic rings. The maximum Gasteiger partial charge on any atom is 0.435 e. The third-order valence-electron chi connectivity index (χ3n) is 1.74. The van der Waals surface area contributed by atoms with Crippen molar-refractivity contribution < 1.29 is 101 Å². The van der Waals surface area contributed by atoms with Crippen LogP contribution in [0.5, 0.6) is 0 Å². The largest absolute Gasteiger partial charge is 0.435 e. The molecule has 0 aromatic heterocycles. The maximum absolute atomic E-state index is 10.2. The van der Waals surface area contributed by atoms with Crippen LogP contribution in [0.4, 0.5) is 23.3 Å². The van der Waals surface area contributed by atoms with E-state index in [1.165, 1.54) is 19.4 Å². The summed E-state index contributed by atoms with van der Waals surface area (Å²) < 4.78 is 204. The molecule has 20 nitrogen and oxygen atoms in total. The molecular formula is C8H22F6N2O18S6. The summed E-state index contributed by atoms with van der Waals surface area (Å²) in [5, 5.41) is 0. The highest BCUT2D eigenvalue weighted by atomic mass is 32.3. The van der Waals surface area contributed by atoms with Crippen LogP contribution in [-0.4, -0.2) is 108 Å². The Hall–Kier alpha value is -1.62. The summed E-state index contributed by atoms with van der Waals surface area (Å²) in [6.07, 6.45) is 6.87. The van der Waals surface area contributed by atoms with Crippen molar-refractivity contribution in [2.24, 2.45) is 0 Å². The zero-order valence-corrected chi connectivity index (χ0v) is 24.1. The molecule has 0 bridgehead atoms. The van der Waals surface area contributed by atoms with E-state index in [1.807, 2.05) is 0 Å². The summed E-state index contributed by atoms with van der Waals surface area (Å²) in [7, 11) is -28.9. The molecule has 1 heterocycles. The van der Waals surface area contributed by atoms with E-state index >= 15 is 0 Å². The molecule has 0 fully saturated rings. The molecule has 32 heteroatoms. The number of hydrogen-bond donors (Lipinski definition) is 6. The summed E-state index contributed by atoms with van der Waals surface area (Å²) >= 11 is 0. The predicted octanol–water partition coefficient (Wildman–Crippen LogP) is 0.0148. The summed E-state index contributed by atoms with van der Waals surface area (Å²) in [5.74, 6) is 0. The monoisotopic (exact) mass is 740 g/mol. The van der Waals surface area contributed by atoms with Crippen molar-refractivity contribution in [3.05, 3.63) is 12.4 Å². The van der Waals surface area contributed by atoms with Gasteiger partial charge in [0.25, 0.3) is 0 Å². The zero-order valence-electron chi connectivity index (χ0n) is 19.2. The third-order valence-corrected chi connectivity index (χ3v) is 1.74. The number of unbranched alkanes of at least 4 members (excludes halogenated alkanes) is 1. The van der Waals surface area contributed by atoms with E-state index in [0.29, 0.717) is 0 Å². The third kappa shape index (κ3) is 352. The van der Waals surface area contributed by atoms with Gasteiger partial charge in [0.15, 0.2) is 0 Å². The van der Waals surface area contributed by atoms with Crippen LogP contribution in [0.1, 0.15) is 19.8 Å². The average Bonchev–Trinajstić information content (AvgIpc) is 2.88. The molecule has 250 valence electrons. The summed E-state index contributed by atoms with van der Waals surface area (Å²) in [6, 6.07) is 0. The molecule has 0 aromatic rings.